The molecule has 0 amide bonds. The van der Waals surface area contributed by atoms with E-state index in [0.29, 0.717) is 11.4 Å². The average Bonchev–Trinajstić information content (AvgIpc) is 2.67. The van der Waals surface area contributed by atoms with Gasteiger partial charge in [0, 0.05) is 5.39 Å². The number of rotatable bonds is 3. The summed E-state index contributed by atoms with van der Waals surface area (Å²) in [5.74, 6) is 1.76. The monoisotopic (exact) mass is 335 g/mol. The van der Waals surface area contributed by atoms with Crippen LogP contribution in [0.25, 0.3) is 22.3 Å². The molecule has 2 N–H and O–H groups in total. The maximum Gasteiger partial charge on any atom is 0.165 e. The van der Waals surface area contributed by atoms with Crippen molar-refractivity contribution in [3.63, 3.8) is 0 Å². The Balaban J connectivity index is 1.81. The van der Waals surface area contributed by atoms with Crippen LogP contribution < -0.4 is 9.80 Å². The third-order valence-electron chi connectivity index (χ3n) is 5.00. The lowest BCUT2D eigenvalue weighted by Crippen LogP contribution is -3.14. The van der Waals surface area contributed by atoms with Gasteiger partial charge in [0.1, 0.15) is 11.6 Å². The van der Waals surface area contributed by atoms with Crippen LogP contribution in [0.5, 0.6) is 5.75 Å². The zero-order valence-corrected chi connectivity index (χ0v) is 14.4. The van der Waals surface area contributed by atoms with E-state index in [-0.39, 0.29) is 5.75 Å². The molecule has 0 atom stereocenters. The van der Waals surface area contributed by atoms with Crippen molar-refractivity contribution < 1.29 is 10.0 Å². The van der Waals surface area contributed by atoms with Crippen molar-refractivity contribution in [3.8, 4) is 17.1 Å². The first-order chi connectivity index (χ1) is 12.3. The van der Waals surface area contributed by atoms with Crippen LogP contribution in [-0.2, 0) is 0 Å². The molecule has 1 aliphatic rings. The molecule has 1 aromatic heterocycles. The molecule has 2 heterocycles. The molecule has 3 aromatic rings. The number of piperazine rings is 1. The number of anilines is 1. The van der Waals surface area contributed by atoms with Crippen molar-refractivity contribution in [1.82, 2.24) is 9.97 Å². The van der Waals surface area contributed by atoms with E-state index in [0.717, 1.165) is 42.9 Å². The van der Waals surface area contributed by atoms with Crippen LogP contribution in [0, 0.1) is 0 Å². The van der Waals surface area contributed by atoms with Gasteiger partial charge in [-0.3, -0.25) is 0 Å². The van der Waals surface area contributed by atoms with Crippen LogP contribution in [0.4, 0.5) is 5.82 Å². The number of benzene rings is 2. The number of likely N-dealkylation sites (N-methyl/N-ethyl adjacent to an activating group) is 1. The molecular weight excluding hydrogens is 312 g/mol. The summed E-state index contributed by atoms with van der Waals surface area (Å²) < 4.78 is 0. The third kappa shape index (κ3) is 3.03. The molecule has 0 bridgehead atoms. The molecule has 2 aromatic carbocycles. The van der Waals surface area contributed by atoms with E-state index in [1.54, 1.807) is 11.0 Å². The molecule has 0 unspecified atom stereocenters. The topological polar surface area (TPSA) is 53.7 Å². The van der Waals surface area contributed by atoms with Gasteiger partial charge in [-0.1, -0.05) is 24.3 Å². The number of para-hydroxylation sites is 2. The second-order valence-corrected chi connectivity index (χ2v) is 6.50. The van der Waals surface area contributed by atoms with Gasteiger partial charge in [0.25, 0.3) is 0 Å². The fraction of sp³-hybridized carbons (Fsp3) is 0.300. The summed E-state index contributed by atoms with van der Waals surface area (Å²) >= 11 is 0. The minimum atomic E-state index is 0.212. The van der Waals surface area contributed by atoms with Gasteiger partial charge in [0.05, 0.1) is 43.8 Å². The molecule has 0 spiro atoms. The van der Waals surface area contributed by atoms with E-state index in [4.69, 9.17) is 4.98 Å². The van der Waals surface area contributed by atoms with Gasteiger partial charge in [0.2, 0.25) is 0 Å². The van der Waals surface area contributed by atoms with Crippen LogP contribution in [0.2, 0.25) is 0 Å². The number of nitrogens with one attached hydrogen (secondary N) is 1. The molecule has 128 valence electrons. The van der Waals surface area contributed by atoms with Gasteiger partial charge in [-0.05, 0) is 31.2 Å². The number of hydrogen-bond donors (Lipinski definition) is 2. The van der Waals surface area contributed by atoms with Crippen LogP contribution >= 0.6 is 0 Å². The first-order valence-corrected chi connectivity index (χ1v) is 8.90. The van der Waals surface area contributed by atoms with Crippen LogP contribution in [-0.4, -0.2) is 47.8 Å². The quantitative estimate of drug-likeness (QED) is 0.765. The Morgan fingerprint density at radius 2 is 1.72 bits per heavy atom. The molecule has 25 heavy (non-hydrogen) atoms. The van der Waals surface area contributed by atoms with Crippen molar-refractivity contribution in [2.75, 3.05) is 37.6 Å². The van der Waals surface area contributed by atoms with Crippen molar-refractivity contribution >= 4 is 16.7 Å². The van der Waals surface area contributed by atoms with Crippen molar-refractivity contribution in [2.24, 2.45) is 0 Å². The van der Waals surface area contributed by atoms with E-state index < -0.39 is 0 Å². The average molecular weight is 335 g/mol. The van der Waals surface area contributed by atoms with Gasteiger partial charge in [-0.2, -0.15) is 0 Å². The van der Waals surface area contributed by atoms with E-state index in [9.17, 15) is 5.11 Å². The Kier molecular flexibility index (Phi) is 4.24. The molecule has 1 aliphatic heterocycles. The molecule has 1 saturated heterocycles. The lowest BCUT2D eigenvalue weighted by molar-refractivity contribution is -0.898. The smallest absolute Gasteiger partial charge is 0.165 e. The lowest BCUT2D eigenvalue weighted by Gasteiger charge is -2.33. The zero-order chi connectivity index (χ0) is 17.2. The fourth-order valence-electron chi connectivity index (χ4n) is 3.47. The van der Waals surface area contributed by atoms with Gasteiger partial charge in [-0.15, -0.1) is 0 Å². The number of hydrogen-bond acceptors (Lipinski definition) is 4. The largest absolute Gasteiger partial charge is 0.507 e. The Bertz CT molecular complexity index is 888. The van der Waals surface area contributed by atoms with E-state index in [2.05, 4.69) is 22.9 Å². The number of fused-ring (bicyclic) bond motifs is 1. The summed E-state index contributed by atoms with van der Waals surface area (Å²) in [5, 5.41) is 11.3. The first kappa shape index (κ1) is 15.8. The van der Waals surface area contributed by atoms with E-state index in [1.807, 2.05) is 36.4 Å². The minimum Gasteiger partial charge on any atom is -0.507 e. The van der Waals surface area contributed by atoms with Crippen molar-refractivity contribution in [3.05, 3.63) is 48.5 Å². The SMILES string of the molecule is CC[NH+]1CCN(c2nc(-c3ccccc3O)nc3ccccc23)CC1. The Labute approximate surface area is 147 Å². The standard InChI is InChI=1S/C20H22N4O/c1-2-23-11-13-24(14-12-23)20-15-7-3-5-9-17(15)21-19(22-20)16-8-4-6-10-18(16)25/h3-10,25H,2,11-14H2,1H3/p+1. The molecule has 0 saturated carbocycles. The lowest BCUT2D eigenvalue weighted by atomic mass is 10.1. The maximum atomic E-state index is 10.2. The Morgan fingerprint density at radius 3 is 2.48 bits per heavy atom. The Morgan fingerprint density at radius 1 is 1.00 bits per heavy atom. The van der Waals surface area contributed by atoms with Crippen molar-refractivity contribution in [2.45, 2.75) is 6.92 Å². The molecule has 4 rings (SSSR count). The summed E-state index contributed by atoms with van der Waals surface area (Å²) in [6.07, 6.45) is 0. The van der Waals surface area contributed by atoms with Crippen LogP contribution in [0.1, 0.15) is 6.92 Å². The molecule has 5 nitrogen and oxygen atoms in total. The summed E-state index contributed by atoms with van der Waals surface area (Å²) in [5.41, 5.74) is 1.59. The maximum absolute atomic E-state index is 10.2. The van der Waals surface area contributed by atoms with Gasteiger partial charge < -0.3 is 14.9 Å². The first-order valence-electron chi connectivity index (χ1n) is 8.90. The van der Waals surface area contributed by atoms with E-state index in [1.165, 1.54) is 6.54 Å². The third-order valence-corrected chi connectivity index (χ3v) is 5.00. The number of quaternary nitrogens is 1. The summed E-state index contributed by atoms with van der Waals surface area (Å²) in [7, 11) is 0. The number of phenolic OH excluding ortho intramolecular Hbond substituents is 1. The highest BCUT2D eigenvalue weighted by atomic mass is 16.3. The highest BCUT2D eigenvalue weighted by molar-refractivity contribution is 5.91. The molecule has 0 aliphatic carbocycles. The summed E-state index contributed by atoms with van der Waals surface area (Å²) in [6.45, 7) is 7.64. The van der Waals surface area contributed by atoms with Gasteiger partial charge in [0.15, 0.2) is 5.82 Å². The second-order valence-electron chi connectivity index (χ2n) is 6.50. The molecular formula is C20H23N4O+. The normalized spacial score (nSPS) is 15.6. The highest BCUT2D eigenvalue weighted by Gasteiger charge is 2.22. The number of nitrogens with zero attached hydrogens (tertiary/aromatic N) is 3. The van der Waals surface area contributed by atoms with Crippen LogP contribution in [0.15, 0.2) is 48.5 Å². The number of aromatic hydroxyl groups is 1. The Hall–Kier alpha value is -2.66. The summed E-state index contributed by atoms with van der Waals surface area (Å²) in [6, 6.07) is 15.4. The van der Waals surface area contributed by atoms with Crippen LogP contribution in [0.3, 0.4) is 0 Å². The molecule has 5 heteroatoms. The fourth-order valence-corrected chi connectivity index (χ4v) is 3.47. The number of aromatic nitrogens is 2. The predicted molar refractivity (Wildman–Crippen MR) is 100 cm³/mol. The molecule has 1 fully saturated rings. The molecule has 0 radical (unpaired) electrons. The zero-order valence-electron chi connectivity index (χ0n) is 14.4. The minimum absolute atomic E-state index is 0.212. The second kappa shape index (κ2) is 6.69. The van der Waals surface area contributed by atoms with Crippen molar-refractivity contribution in [1.29, 1.82) is 0 Å². The number of phenols is 1. The predicted octanol–water partition coefficient (Wildman–Crippen LogP) is 1.73. The van der Waals surface area contributed by atoms with Gasteiger partial charge >= 0.3 is 0 Å². The van der Waals surface area contributed by atoms with E-state index >= 15 is 0 Å². The van der Waals surface area contributed by atoms with Gasteiger partial charge in [-0.25, -0.2) is 9.97 Å². The highest BCUT2D eigenvalue weighted by Crippen LogP contribution is 2.31. The summed E-state index contributed by atoms with van der Waals surface area (Å²) in [4.78, 5) is 13.5.